The lowest BCUT2D eigenvalue weighted by Crippen LogP contribution is -2.21. The number of hydrogen-bond acceptors (Lipinski definition) is 5. The summed E-state index contributed by atoms with van der Waals surface area (Å²) in [7, 11) is 3.46. The zero-order chi connectivity index (χ0) is 19.8. The number of nitrogens with zero attached hydrogens (tertiary/aromatic N) is 4. The molecular weight excluding hydrogens is 362 g/mol. The molecule has 7 nitrogen and oxygen atoms in total. The van der Waals surface area contributed by atoms with E-state index >= 15 is 0 Å². The number of nitrogens with one attached hydrogen (secondary N) is 1. The van der Waals surface area contributed by atoms with Gasteiger partial charge in [0.2, 0.25) is 5.91 Å². The smallest absolute Gasteiger partial charge is 0.261 e. The number of aryl methyl sites for hydroxylation is 1. The normalized spacial score (nSPS) is 11.7. The van der Waals surface area contributed by atoms with Crippen molar-refractivity contribution in [3.63, 3.8) is 0 Å². The van der Waals surface area contributed by atoms with Crippen LogP contribution < -0.4 is 10.9 Å². The van der Waals surface area contributed by atoms with Gasteiger partial charge in [-0.25, -0.2) is 4.98 Å². The molecule has 0 saturated carbocycles. The van der Waals surface area contributed by atoms with Gasteiger partial charge in [-0.2, -0.15) is 5.10 Å². The number of fused-ring (bicyclic) bond motifs is 1. The van der Waals surface area contributed by atoms with Crippen molar-refractivity contribution in [2.75, 3.05) is 11.1 Å². The van der Waals surface area contributed by atoms with Crippen molar-refractivity contribution in [3.05, 3.63) is 46.4 Å². The van der Waals surface area contributed by atoms with Crippen molar-refractivity contribution in [2.45, 2.75) is 31.3 Å². The van der Waals surface area contributed by atoms with Gasteiger partial charge in [0.15, 0.2) is 5.16 Å². The first kappa shape index (κ1) is 19.2. The Bertz CT molecular complexity index is 1060. The van der Waals surface area contributed by atoms with Crippen LogP contribution in [0.1, 0.15) is 26.5 Å². The molecule has 0 atom stereocenters. The molecular formula is C19H23N5O2S. The SMILES string of the molecule is Cn1nc(C(C)(C)C)cc1NC(=O)CSc1nc2ccccc2c(=O)n1C. The van der Waals surface area contributed by atoms with E-state index in [4.69, 9.17) is 0 Å². The maximum atomic E-state index is 12.4. The molecule has 1 N–H and O–H groups in total. The predicted molar refractivity (Wildman–Crippen MR) is 108 cm³/mol. The summed E-state index contributed by atoms with van der Waals surface area (Å²) in [5, 5.41) is 8.40. The highest BCUT2D eigenvalue weighted by Crippen LogP contribution is 2.24. The molecule has 3 rings (SSSR count). The number of thioether (sulfide) groups is 1. The molecule has 0 saturated heterocycles. The third kappa shape index (κ3) is 4.05. The fraction of sp³-hybridized carbons (Fsp3) is 0.368. The summed E-state index contributed by atoms with van der Waals surface area (Å²) < 4.78 is 3.13. The van der Waals surface area contributed by atoms with E-state index in [0.717, 1.165) is 5.69 Å². The Morgan fingerprint density at radius 1 is 1.22 bits per heavy atom. The molecule has 27 heavy (non-hydrogen) atoms. The summed E-state index contributed by atoms with van der Waals surface area (Å²) in [4.78, 5) is 29.3. The van der Waals surface area contributed by atoms with Gasteiger partial charge in [0.1, 0.15) is 5.82 Å². The molecule has 0 spiro atoms. The lowest BCUT2D eigenvalue weighted by Gasteiger charge is -2.13. The molecule has 2 aromatic heterocycles. The number of aromatic nitrogens is 4. The number of rotatable bonds is 4. The minimum atomic E-state index is -0.175. The van der Waals surface area contributed by atoms with E-state index in [-0.39, 0.29) is 22.6 Å². The number of anilines is 1. The summed E-state index contributed by atoms with van der Waals surface area (Å²) in [6.45, 7) is 6.22. The summed E-state index contributed by atoms with van der Waals surface area (Å²) >= 11 is 1.23. The number of benzene rings is 1. The number of hydrogen-bond donors (Lipinski definition) is 1. The molecule has 142 valence electrons. The van der Waals surface area contributed by atoms with Gasteiger partial charge in [0.25, 0.3) is 5.56 Å². The minimum Gasteiger partial charge on any atom is -0.310 e. The van der Waals surface area contributed by atoms with Gasteiger partial charge in [0.05, 0.1) is 22.3 Å². The lowest BCUT2D eigenvalue weighted by molar-refractivity contribution is -0.113. The van der Waals surface area contributed by atoms with Crippen LogP contribution in [0.2, 0.25) is 0 Å². The van der Waals surface area contributed by atoms with Crippen molar-refractivity contribution in [3.8, 4) is 0 Å². The highest BCUT2D eigenvalue weighted by atomic mass is 32.2. The second-order valence-electron chi connectivity index (χ2n) is 7.40. The van der Waals surface area contributed by atoms with E-state index in [1.165, 1.54) is 16.3 Å². The number of carbonyl (C=O) groups is 1. The first-order valence-corrected chi connectivity index (χ1v) is 9.58. The number of para-hydroxylation sites is 1. The third-order valence-electron chi connectivity index (χ3n) is 4.19. The predicted octanol–water partition coefficient (Wildman–Crippen LogP) is 2.70. The molecule has 2 heterocycles. The second-order valence-corrected chi connectivity index (χ2v) is 8.34. The van der Waals surface area contributed by atoms with Crippen LogP contribution in [0, 0.1) is 0 Å². The topological polar surface area (TPSA) is 81.8 Å². The van der Waals surface area contributed by atoms with Crippen LogP contribution in [0.25, 0.3) is 10.9 Å². The van der Waals surface area contributed by atoms with E-state index in [1.54, 1.807) is 30.9 Å². The molecule has 0 aliphatic carbocycles. The Labute approximate surface area is 161 Å². The summed E-state index contributed by atoms with van der Waals surface area (Å²) in [6.07, 6.45) is 0. The molecule has 1 aromatic carbocycles. The second kappa shape index (κ2) is 7.19. The van der Waals surface area contributed by atoms with Crippen LogP contribution in [-0.2, 0) is 24.3 Å². The largest absolute Gasteiger partial charge is 0.310 e. The van der Waals surface area contributed by atoms with Crippen molar-refractivity contribution in [1.29, 1.82) is 0 Å². The molecule has 0 fully saturated rings. The third-order valence-corrected chi connectivity index (χ3v) is 5.22. The van der Waals surface area contributed by atoms with Gasteiger partial charge in [-0.3, -0.25) is 18.8 Å². The van der Waals surface area contributed by atoms with Gasteiger partial charge < -0.3 is 5.32 Å². The summed E-state index contributed by atoms with van der Waals surface area (Å²) in [5.74, 6) is 0.617. The maximum Gasteiger partial charge on any atom is 0.261 e. The maximum absolute atomic E-state index is 12.4. The Morgan fingerprint density at radius 3 is 2.59 bits per heavy atom. The fourth-order valence-corrected chi connectivity index (χ4v) is 3.36. The highest BCUT2D eigenvalue weighted by Gasteiger charge is 2.20. The van der Waals surface area contributed by atoms with Gasteiger partial charge >= 0.3 is 0 Å². The fourth-order valence-electron chi connectivity index (χ4n) is 2.59. The first-order valence-electron chi connectivity index (χ1n) is 8.60. The van der Waals surface area contributed by atoms with Crippen LogP contribution in [0.3, 0.4) is 0 Å². The highest BCUT2D eigenvalue weighted by molar-refractivity contribution is 7.99. The van der Waals surface area contributed by atoms with E-state index in [1.807, 2.05) is 18.2 Å². The van der Waals surface area contributed by atoms with Crippen LogP contribution >= 0.6 is 11.8 Å². The summed E-state index contributed by atoms with van der Waals surface area (Å²) in [6, 6.07) is 9.08. The molecule has 3 aromatic rings. The van der Waals surface area contributed by atoms with E-state index in [9.17, 15) is 9.59 Å². The quantitative estimate of drug-likeness (QED) is 0.552. The number of carbonyl (C=O) groups excluding carboxylic acids is 1. The molecule has 0 radical (unpaired) electrons. The zero-order valence-electron chi connectivity index (χ0n) is 16.1. The van der Waals surface area contributed by atoms with Crippen molar-refractivity contribution < 1.29 is 4.79 Å². The van der Waals surface area contributed by atoms with E-state index < -0.39 is 0 Å². The van der Waals surface area contributed by atoms with Crippen molar-refractivity contribution in [1.82, 2.24) is 19.3 Å². The molecule has 0 aliphatic heterocycles. The van der Waals surface area contributed by atoms with Crippen molar-refractivity contribution in [2.24, 2.45) is 14.1 Å². The Hall–Kier alpha value is -2.61. The molecule has 0 unspecified atom stereocenters. The lowest BCUT2D eigenvalue weighted by atomic mass is 9.92. The molecule has 0 aliphatic rings. The summed E-state index contributed by atoms with van der Waals surface area (Å²) in [5.41, 5.74) is 1.32. The molecule has 1 amide bonds. The molecule has 0 bridgehead atoms. The average Bonchev–Trinajstić information content (AvgIpc) is 2.98. The van der Waals surface area contributed by atoms with Gasteiger partial charge in [-0.05, 0) is 12.1 Å². The minimum absolute atomic E-state index is 0.0945. The van der Waals surface area contributed by atoms with Crippen molar-refractivity contribution >= 4 is 34.4 Å². The Kier molecular flexibility index (Phi) is 5.10. The van der Waals surface area contributed by atoms with Crippen LogP contribution in [-0.4, -0.2) is 31.0 Å². The van der Waals surface area contributed by atoms with Crippen LogP contribution in [0.4, 0.5) is 5.82 Å². The van der Waals surface area contributed by atoms with E-state index in [0.29, 0.717) is 21.9 Å². The Morgan fingerprint density at radius 2 is 1.93 bits per heavy atom. The average molecular weight is 385 g/mol. The molecule has 8 heteroatoms. The van der Waals surface area contributed by atoms with Gasteiger partial charge in [0, 0.05) is 25.6 Å². The van der Waals surface area contributed by atoms with Crippen LogP contribution in [0.5, 0.6) is 0 Å². The number of amides is 1. The zero-order valence-corrected chi connectivity index (χ0v) is 16.9. The van der Waals surface area contributed by atoms with Gasteiger partial charge in [-0.15, -0.1) is 0 Å². The van der Waals surface area contributed by atoms with E-state index in [2.05, 4.69) is 36.2 Å². The van der Waals surface area contributed by atoms with Gasteiger partial charge in [-0.1, -0.05) is 44.7 Å². The Balaban J connectivity index is 1.73. The monoisotopic (exact) mass is 385 g/mol. The van der Waals surface area contributed by atoms with Crippen LogP contribution in [0.15, 0.2) is 40.3 Å². The first-order chi connectivity index (χ1) is 12.7. The standard InChI is InChI=1S/C19H23N5O2S/c1-19(2,3)14-10-15(24(5)22-14)21-16(25)11-27-18-20-13-9-7-6-8-12(13)17(26)23(18)4/h6-10H,11H2,1-5H3,(H,21,25).